The molecule has 0 bridgehead atoms. The van der Waals surface area contributed by atoms with Gasteiger partial charge in [-0.05, 0) is 55.9 Å². The summed E-state index contributed by atoms with van der Waals surface area (Å²) in [6.07, 6.45) is 0. The normalized spacial score (nSPS) is 10.2. The molecule has 3 nitrogen and oxygen atoms in total. The molecule has 0 aromatic heterocycles. The largest absolute Gasteiger partial charge is 0.332 e. The van der Waals surface area contributed by atoms with E-state index in [1.807, 2.05) is 32.0 Å². The van der Waals surface area contributed by atoms with Crippen LogP contribution in [0.2, 0.25) is 10.0 Å². The first-order valence-electron chi connectivity index (χ1n) is 6.51. The van der Waals surface area contributed by atoms with Gasteiger partial charge in [-0.1, -0.05) is 40.9 Å². The quantitative estimate of drug-likeness (QED) is 0.767. The number of carbonyl (C=O) groups is 1. The molecule has 2 aromatic carbocycles. The molecular weight excluding hydrogens is 339 g/mol. The van der Waals surface area contributed by atoms with Crippen molar-refractivity contribution in [1.82, 2.24) is 5.32 Å². The third kappa shape index (κ3) is 4.19. The van der Waals surface area contributed by atoms with Gasteiger partial charge in [-0.25, -0.2) is 0 Å². The van der Waals surface area contributed by atoms with E-state index in [1.165, 1.54) is 6.07 Å². The summed E-state index contributed by atoms with van der Waals surface area (Å²) in [4.78, 5) is 12.2. The van der Waals surface area contributed by atoms with Crippen molar-refractivity contribution in [2.24, 2.45) is 0 Å². The SMILES string of the molecule is Cc1ccc(NC(=S)NC(=O)c2ccc(Cl)cc2Cl)c(C)c1. The molecule has 0 fully saturated rings. The zero-order valence-corrected chi connectivity index (χ0v) is 14.4. The average molecular weight is 353 g/mol. The molecule has 2 aromatic rings. The average Bonchev–Trinajstić information content (AvgIpc) is 2.41. The highest BCUT2D eigenvalue weighted by Crippen LogP contribution is 2.21. The molecule has 2 rings (SSSR count). The Hall–Kier alpha value is -1.62. The number of amides is 1. The van der Waals surface area contributed by atoms with Gasteiger partial charge in [-0.3, -0.25) is 10.1 Å². The van der Waals surface area contributed by atoms with Crippen molar-refractivity contribution in [2.45, 2.75) is 13.8 Å². The van der Waals surface area contributed by atoms with E-state index < -0.39 is 0 Å². The van der Waals surface area contributed by atoms with Gasteiger partial charge in [-0.15, -0.1) is 0 Å². The van der Waals surface area contributed by atoms with Gasteiger partial charge in [-0.2, -0.15) is 0 Å². The lowest BCUT2D eigenvalue weighted by Crippen LogP contribution is -2.34. The standard InChI is InChI=1S/C16H14Cl2N2OS/c1-9-3-6-14(10(2)7-9)19-16(22)20-15(21)12-5-4-11(17)8-13(12)18/h3-8H,1-2H3,(H2,19,20,21,22). The minimum atomic E-state index is -0.385. The summed E-state index contributed by atoms with van der Waals surface area (Å²) in [6.45, 7) is 3.98. The van der Waals surface area contributed by atoms with E-state index in [4.69, 9.17) is 35.4 Å². The number of benzene rings is 2. The van der Waals surface area contributed by atoms with Gasteiger partial charge in [0.15, 0.2) is 5.11 Å². The first-order valence-corrected chi connectivity index (χ1v) is 7.68. The zero-order chi connectivity index (χ0) is 16.3. The second-order valence-corrected chi connectivity index (χ2v) is 6.10. The van der Waals surface area contributed by atoms with Gasteiger partial charge < -0.3 is 5.32 Å². The minimum Gasteiger partial charge on any atom is -0.332 e. The van der Waals surface area contributed by atoms with Crippen LogP contribution in [0.3, 0.4) is 0 Å². The van der Waals surface area contributed by atoms with E-state index in [0.29, 0.717) is 10.6 Å². The number of carbonyl (C=O) groups excluding carboxylic acids is 1. The van der Waals surface area contributed by atoms with Crippen LogP contribution in [0, 0.1) is 13.8 Å². The molecule has 0 atom stereocenters. The fourth-order valence-corrected chi connectivity index (χ4v) is 2.65. The number of halogens is 2. The van der Waals surface area contributed by atoms with Crippen molar-refractivity contribution < 1.29 is 4.79 Å². The maximum absolute atomic E-state index is 12.2. The molecular formula is C16H14Cl2N2OS. The van der Waals surface area contributed by atoms with Gasteiger partial charge in [0.25, 0.3) is 5.91 Å². The highest BCUT2D eigenvalue weighted by molar-refractivity contribution is 7.80. The molecule has 0 heterocycles. The van der Waals surface area contributed by atoms with Gasteiger partial charge in [0.05, 0.1) is 10.6 Å². The lowest BCUT2D eigenvalue weighted by Gasteiger charge is -2.12. The Morgan fingerprint density at radius 2 is 1.82 bits per heavy atom. The van der Waals surface area contributed by atoms with Crippen molar-refractivity contribution in [1.29, 1.82) is 0 Å². The molecule has 22 heavy (non-hydrogen) atoms. The van der Waals surface area contributed by atoms with Crippen LogP contribution in [0.25, 0.3) is 0 Å². The molecule has 0 saturated heterocycles. The number of rotatable bonds is 2. The van der Waals surface area contributed by atoms with Crippen LogP contribution in [-0.2, 0) is 0 Å². The smallest absolute Gasteiger partial charge is 0.258 e. The van der Waals surface area contributed by atoms with Crippen molar-refractivity contribution in [2.75, 3.05) is 5.32 Å². The molecule has 0 unspecified atom stereocenters. The van der Waals surface area contributed by atoms with Gasteiger partial charge in [0.2, 0.25) is 0 Å². The molecule has 0 aliphatic rings. The second-order valence-electron chi connectivity index (χ2n) is 4.85. The molecule has 0 radical (unpaired) electrons. The zero-order valence-electron chi connectivity index (χ0n) is 12.0. The Labute approximate surface area is 144 Å². The summed E-state index contributed by atoms with van der Waals surface area (Å²) in [5.74, 6) is -0.385. The number of aryl methyl sites for hydroxylation is 2. The number of anilines is 1. The third-order valence-corrected chi connectivity index (χ3v) is 3.78. The minimum absolute atomic E-state index is 0.211. The fraction of sp³-hybridized carbons (Fsp3) is 0.125. The van der Waals surface area contributed by atoms with Crippen LogP contribution in [-0.4, -0.2) is 11.0 Å². The Morgan fingerprint density at radius 1 is 1.09 bits per heavy atom. The van der Waals surface area contributed by atoms with Crippen LogP contribution < -0.4 is 10.6 Å². The Balaban J connectivity index is 2.06. The van der Waals surface area contributed by atoms with E-state index in [-0.39, 0.29) is 16.0 Å². The molecule has 114 valence electrons. The Morgan fingerprint density at radius 3 is 2.45 bits per heavy atom. The monoisotopic (exact) mass is 352 g/mol. The van der Waals surface area contributed by atoms with Gasteiger partial charge >= 0.3 is 0 Å². The predicted molar refractivity (Wildman–Crippen MR) is 96.1 cm³/mol. The first-order chi connectivity index (χ1) is 10.4. The van der Waals surface area contributed by atoms with E-state index in [9.17, 15) is 4.79 Å². The third-order valence-electron chi connectivity index (χ3n) is 3.03. The maximum Gasteiger partial charge on any atom is 0.258 e. The van der Waals surface area contributed by atoms with Crippen LogP contribution in [0.1, 0.15) is 21.5 Å². The van der Waals surface area contributed by atoms with E-state index in [2.05, 4.69) is 10.6 Å². The van der Waals surface area contributed by atoms with Crippen molar-refractivity contribution >= 4 is 52.1 Å². The maximum atomic E-state index is 12.2. The molecule has 0 spiro atoms. The van der Waals surface area contributed by atoms with Gasteiger partial charge in [0, 0.05) is 10.7 Å². The summed E-state index contributed by atoms with van der Waals surface area (Å²) in [5.41, 5.74) is 3.36. The molecule has 6 heteroatoms. The second kappa shape index (κ2) is 7.09. The van der Waals surface area contributed by atoms with Crippen molar-refractivity contribution in [3.63, 3.8) is 0 Å². The number of thiocarbonyl (C=S) groups is 1. The first kappa shape index (κ1) is 16.7. The topological polar surface area (TPSA) is 41.1 Å². The van der Waals surface area contributed by atoms with E-state index in [0.717, 1.165) is 16.8 Å². The van der Waals surface area contributed by atoms with Gasteiger partial charge in [0.1, 0.15) is 0 Å². The summed E-state index contributed by atoms with van der Waals surface area (Å²) in [6, 6.07) is 10.6. The van der Waals surface area contributed by atoms with Crippen molar-refractivity contribution in [3.8, 4) is 0 Å². The van der Waals surface area contributed by atoms with Crippen LogP contribution in [0.4, 0.5) is 5.69 Å². The van der Waals surface area contributed by atoms with Crippen molar-refractivity contribution in [3.05, 3.63) is 63.1 Å². The summed E-state index contributed by atoms with van der Waals surface area (Å²) in [5, 5.41) is 6.56. The predicted octanol–water partition coefficient (Wildman–Crippen LogP) is 4.74. The number of hydrogen-bond donors (Lipinski definition) is 2. The van der Waals surface area contributed by atoms with Crippen LogP contribution in [0.15, 0.2) is 36.4 Å². The molecule has 0 aliphatic carbocycles. The highest BCUT2D eigenvalue weighted by atomic mass is 35.5. The summed E-state index contributed by atoms with van der Waals surface area (Å²) in [7, 11) is 0. The molecule has 2 N–H and O–H groups in total. The number of nitrogens with one attached hydrogen (secondary N) is 2. The summed E-state index contributed by atoms with van der Waals surface area (Å²) < 4.78 is 0. The lowest BCUT2D eigenvalue weighted by molar-refractivity contribution is 0.0978. The van der Waals surface area contributed by atoms with Crippen LogP contribution in [0.5, 0.6) is 0 Å². The highest BCUT2D eigenvalue weighted by Gasteiger charge is 2.12. The summed E-state index contributed by atoms with van der Waals surface area (Å²) >= 11 is 17.0. The molecule has 0 aliphatic heterocycles. The number of hydrogen-bond acceptors (Lipinski definition) is 2. The van der Waals surface area contributed by atoms with Crippen LogP contribution >= 0.6 is 35.4 Å². The molecule has 0 saturated carbocycles. The Kier molecular flexibility index (Phi) is 5.40. The fourth-order valence-electron chi connectivity index (χ4n) is 1.95. The lowest BCUT2D eigenvalue weighted by atomic mass is 10.1. The van der Waals surface area contributed by atoms with E-state index >= 15 is 0 Å². The molecule has 1 amide bonds. The van der Waals surface area contributed by atoms with E-state index in [1.54, 1.807) is 12.1 Å². The Bertz CT molecular complexity index is 747.